The minimum Gasteiger partial charge on any atom is -0.481 e. The summed E-state index contributed by atoms with van der Waals surface area (Å²) < 4.78 is 0. The van der Waals surface area contributed by atoms with Gasteiger partial charge in [-0.05, 0) is 24.9 Å². The molecule has 0 radical (unpaired) electrons. The van der Waals surface area contributed by atoms with Gasteiger partial charge in [0.15, 0.2) is 0 Å². The van der Waals surface area contributed by atoms with Crippen LogP contribution in [-0.2, 0) is 16.0 Å². The Hall–Kier alpha value is -1.92. The third-order valence-electron chi connectivity index (χ3n) is 2.23. The zero-order chi connectivity index (χ0) is 14.7. The third-order valence-corrected chi connectivity index (χ3v) is 2.23. The summed E-state index contributed by atoms with van der Waals surface area (Å²) in [4.78, 5) is 20.2. The highest BCUT2D eigenvalue weighted by Gasteiger charge is 2.08. The molecule has 1 rings (SSSR count). The second-order valence-corrected chi connectivity index (χ2v) is 3.93. The maximum Gasteiger partial charge on any atom is 0.320 e. The first-order valence-electron chi connectivity index (χ1n) is 5.91. The predicted molar refractivity (Wildman–Crippen MR) is 71.7 cm³/mol. The van der Waals surface area contributed by atoms with Crippen molar-refractivity contribution in [2.24, 2.45) is 11.5 Å². The number of benzene rings is 1. The van der Waals surface area contributed by atoms with Gasteiger partial charge in [-0.1, -0.05) is 30.3 Å². The Morgan fingerprint density at radius 3 is 2.16 bits per heavy atom. The first-order chi connectivity index (χ1) is 8.97. The number of hydrogen-bond donors (Lipinski definition) is 4. The molecule has 19 heavy (non-hydrogen) atoms. The van der Waals surface area contributed by atoms with Crippen LogP contribution in [0.3, 0.4) is 0 Å². The summed E-state index contributed by atoms with van der Waals surface area (Å²) in [5, 5.41) is 16.6. The number of carboxylic acid groups (broad SMARTS) is 2. The van der Waals surface area contributed by atoms with Crippen LogP contribution in [0.15, 0.2) is 30.3 Å². The van der Waals surface area contributed by atoms with E-state index in [0.717, 1.165) is 5.56 Å². The van der Waals surface area contributed by atoms with Gasteiger partial charge in [-0.3, -0.25) is 9.59 Å². The van der Waals surface area contributed by atoms with Crippen LogP contribution in [-0.4, -0.2) is 34.7 Å². The van der Waals surface area contributed by atoms with Crippen molar-refractivity contribution in [3.05, 3.63) is 35.9 Å². The Morgan fingerprint density at radius 2 is 1.74 bits per heavy atom. The van der Waals surface area contributed by atoms with E-state index in [1.54, 1.807) is 12.1 Å². The largest absolute Gasteiger partial charge is 0.481 e. The fourth-order valence-electron chi connectivity index (χ4n) is 1.23. The van der Waals surface area contributed by atoms with Crippen molar-refractivity contribution in [3.8, 4) is 0 Å². The molecular weight excluding hydrogens is 248 g/mol. The highest BCUT2D eigenvalue weighted by Crippen LogP contribution is 1.98. The van der Waals surface area contributed by atoms with Crippen LogP contribution in [0.1, 0.15) is 18.4 Å². The monoisotopic (exact) mass is 268 g/mol. The highest BCUT2D eigenvalue weighted by atomic mass is 16.4. The lowest BCUT2D eigenvalue weighted by atomic mass is 10.2. The zero-order valence-electron chi connectivity index (χ0n) is 10.7. The van der Waals surface area contributed by atoms with Crippen LogP contribution < -0.4 is 11.5 Å². The number of carboxylic acids is 2. The normalized spacial score (nSPS) is 11.1. The molecule has 106 valence electrons. The van der Waals surface area contributed by atoms with Crippen molar-refractivity contribution in [3.63, 3.8) is 0 Å². The van der Waals surface area contributed by atoms with Crippen LogP contribution in [0, 0.1) is 0 Å². The van der Waals surface area contributed by atoms with E-state index in [9.17, 15) is 9.59 Å². The molecule has 6 nitrogen and oxygen atoms in total. The lowest BCUT2D eigenvalue weighted by Crippen LogP contribution is -2.30. The van der Waals surface area contributed by atoms with Gasteiger partial charge in [0.1, 0.15) is 6.04 Å². The van der Waals surface area contributed by atoms with Crippen LogP contribution >= 0.6 is 0 Å². The van der Waals surface area contributed by atoms with Crippen molar-refractivity contribution in [1.82, 2.24) is 0 Å². The van der Waals surface area contributed by atoms with E-state index >= 15 is 0 Å². The molecule has 1 aromatic rings. The van der Waals surface area contributed by atoms with E-state index in [1.165, 1.54) is 0 Å². The lowest BCUT2D eigenvalue weighted by Gasteiger charge is -2.02. The van der Waals surface area contributed by atoms with E-state index in [1.807, 2.05) is 18.2 Å². The van der Waals surface area contributed by atoms with E-state index in [-0.39, 0.29) is 6.42 Å². The van der Waals surface area contributed by atoms with Gasteiger partial charge >= 0.3 is 11.9 Å². The number of nitrogens with two attached hydrogens (primary N) is 2. The second kappa shape index (κ2) is 10.0. The molecule has 0 fully saturated rings. The molecule has 0 bridgehead atoms. The van der Waals surface area contributed by atoms with Gasteiger partial charge in [0.05, 0.1) is 6.42 Å². The Bertz CT molecular complexity index is 381. The maximum atomic E-state index is 10.2. The van der Waals surface area contributed by atoms with E-state index < -0.39 is 18.0 Å². The molecule has 0 aliphatic rings. The fraction of sp³-hybridized carbons (Fsp3) is 0.385. The maximum absolute atomic E-state index is 10.2. The number of carbonyl (C=O) groups is 2. The standard InChI is InChI=1S/C8H8O2.C5H12N2O2/c9-8(10)6-7-4-2-1-3-5-7;6-3-1-2-4(7)5(8)9/h1-5H,6H2,(H,9,10);4H,1-3,6-7H2,(H,8,9). The predicted octanol–water partition coefficient (Wildman–Crippen LogP) is 0.451. The summed E-state index contributed by atoms with van der Waals surface area (Å²) in [5.41, 5.74) is 11.1. The molecule has 0 saturated carbocycles. The minimum absolute atomic E-state index is 0.112. The van der Waals surface area contributed by atoms with Gasteiger partial charge in [0.2, 0.25) is 0 Å². The van der Waals surface area contributed by atoms with E-state index in [0.29, 0.717) is 19.4 Å². The van der Waals surface area contributed by atoms with Crippen LogP contribution in [0.2, 0.25) is 0 Å². The lowest BCUT2D eigenvalue weighted by molar-refractivity contribution is -0.139. The first kappa shape index (κ1) is 17.1. The fourth-order valence-corrected chi connectivity index (χ4v) is 1.23. The quantitative estimate of drug-likeness (QED) is 0.593. The summed E-state index contributed by atoms with van der Waals surface area (Å²) in [6, 6.07) is 8.39. The van der Waals surface area contributed by atoms with Gasteiger partial charge in [-0.15, -0.1) is 0 Å². The molecule has 1 unspecified atom stereocenters. The molecule has 0 heterocycles. The molecule has 1 atom stereocenters. The second-order valence-electron chi connectivity index (χ2n) is 3.93. The Labute approximate surface area is 112 Å². The average Bonchev–Trinajstić information content (AvgIpc) is 2.37. The van der Waals surface area contributed by atoms with Gasteiger partial charge in [0, 0.05) is 0 Å². The summed E-state index contributed by atoms with van der Waals surface area (Å²) in [6.07, 6.45) is 1.25. The van der Waals surface area contributed by atoms with Crippen molar-refractivity contribution < 1.29 is 19.8 Å². The summed E-state index contributed by atoms with van der Waals surface area (Å²) in [7, 11) is 0. The molecular formula is C13H20N2O4. The molecule has 0 aliphatic heterocycles. The van der Waals surface area contributed by atoms with Gasteiger partial charge in [0.25, 0.3) is 0 Å². The third kappa shape index (κ3) is 9.75. The molecule has 6 N–H and O–H groups in total. The first-order valence-corrected chi connectivity index (χ1v) is 5.91. The van der Waals surface area contributed by atoms with Crippen LogP contribution in [0.25, 0.3) is 0 Å². The zero-order valence-corrected chi connectivity index (χ0v) is 10.7. The smallest absolute Gasteiger partial charge is 0.320 e. The topological polar surface area (TPSA) is 127 Å². The molecule has 0 amide bonds. The number of hydrogen-bond acceptors (Lipinski definition) is 4. The minimum atomic E-state index is -0.955. The van der Waals surface area contributed by atoms with Crippen molar-refractivity contribution in [1.29, 1.82) is 0 Å². The van der Waals surface area contributed by atoms with Crippen LogP contribution in [0.5, 0.6) is 0 Å². The molecule has 0 saturated heterocycles. The summed E-state index contributed by atoms with van der Waals surface area (Å²) in [5.74, 6) is -1.74. The SMILES string of the molecule is NCCCC(N)C(=O)O.O=C(O)Cc1ccccc1. The van der Waals surface area contributed by atoms with Crippen molar-refractivity contribution in [2.45, 2.75) is 25.3 Å². The highest BCUT2D eigenvalue weighted by molar-refractivity contribution is 5.72. The van der Waals surface area contributed by atoms with E-state index in [4.69, 9.17) is 21.7 Å². The van der Waals surface area contributed by atoms with Gasteiger partial charge < -0.3 is 21.7 Å². The summed E-state index contributed by atoms with van der Waals surface area (Å²) >= 11 is 0. The summed E-state index contributed by atoms with van der Waals surface area (Å²) in [6.45, 7) is 0.501. The molecule has 0 aliphatic carbocycles. The number of rotatable bonds is 6. The van der Waals surface area contributed by atoms with Gasteiger partial charge in [-0.25, -0.2) is 0 Å². The van der Waals surface area contributed by atoms with Crippen molar-refractivity contribution in [2.75, 3.05) is 6.54 Å². The molecule has 0 aromatic heterocycles. The Morgan fingerprint density at radius 1 is 1.16 bits per heavy atom. The average molecular weight is 268 g/mol. The van der Waals surface area contributed by atoms with Crippen LogP contribution in [0.4, 0.5) is 0 Å². The molecule has 1 aromatic carbocycles. The Kier molecular flexibility index (Phi) is 9.03. The number of aliphatic carboxylic acids is 2. The van der Waals surface area contributed by atoms with Crippen molar-refractivity contribution >= 4 is 11.9 Å². The Balaban J connectivity index is 0.000000344. The van der Waals surface area contributed by atoms with E-state index in [2.05, 4.69) is 0 Å². The van der Waals surface area contributed by atoms with Gasteiger partial charge in [-0.2, -0.15) is 0 Å². The molecule has 6 heteroatoms. The molecule has 0 spiro atoms.